The molecule has 5 aromatic carbocycles. The molecule has 0 fully saturated rings. The van der Waals surface area contributed by atoms with E-state index in [4.69, 9.17) is 0 Å². The van der Waals surface area contributed by atoms with E-state index in [-0.39, 0.29) is 0 Å². The zero-order chi connectivity index (χ0) is 25.1. The van der Waals surface area contributed by atoms with Crippen molar-refractivity contribution in [1.82, 2.24) is 4.57 Å². The lowest BCUT2D eigenvalue weighted by molar-refractivity contribution is 0.745. The van der Waals surface area contributed by atoms with Crippen LogP contribution in [0.2, 0.25) is 0 Å². The van der Waals surface area contributed by atoms with Crippen LogP contribution >= 0.6 is 0 Å². The highest BCUT2D eigenvalue weighted by atomic mass is 15.2. The number of benzene rings is 5. The van der Waals surface area contributed by atoms with Crippen molar-refractivity contribution in [3.05, 3.63) is 151 Å². The molecule has 0 saturated carbocycles. The lowest BCUT2D eigenvalue weighted by Gasteiger charge is -2.28. The zero-order valence-corrected chi connectivity index (χ0v) is 20.9. The van der Waals surface area contributed by atoms with Crippen LogP contribution in [0, 0.1) is 0 Å². The van der Waals surface area contributed by atoms with Gasteiger partial charge in [0.2, 0.25) is 0 Å². The van der Waals surface area contributed by atoms with Crippen LogP contribution in [-0.2, 0) is 0 Å². The second-order valence-corrected chi connectivity index (χ2v) is 10.2. The summed E-state index contributed by atoms with van der Waals surface area (Å²) in [7, 11) is 0. The summed E-state index contributed by atoms with van der Waals surface area (Å²) >= 11 is 0. The molecule has 180 valence electrons. The van der Waals surface area contributed by atoms with Gasteiger partial charge in [0.05, 0.1) is 17.1 Å². The SMILES string of the molecule is C1=CC2c3ccccc3N(c3ccc(-c4ccc(-n5c6ccccc6c6ccccc65)cc4)cc3)C2C=C1. The first-order valence-corrected chi connectivity index (χ1v) is 13.3. The molecule has 1 aliphatic heterocycles. The molecule has 8 rings (SSSR count). The fraction of sp³-hybridized carbons (Fsp3) is 0.0556. The molecule has 2 heteroatoms. The summed E-state index contributed by atoms with van der Waals surface area (Å²) < 4.78 is 2.37. The minimum absolute atomic E-state index is 0.328. The van der Waals surface area contributed by atoms with Crippen molar-refractivity contribution >= 4 is 33.2 Å². The van der Waals surface area contributed by atoms with Gasteiger partial charge < -0.3 is 9.47 Å². The van der Waals surface area contributed by atoms with Crippen LogP contribution in [0.4, 0.5) is 11.4 Å². The molecular weight excluding hydrogens is 460 g/mol. The van der Waals surface area contributed by atoms with Gasteiger partial charge in [-0.15, -0.1) is 0 Å². The van der Waals surface area contributed by atoms with Gasteiger partial charge in [0.1, 0.15) is 0 Å². The summed E-state index contributed by atoms with van der Waals surface area (Å²) in [6, 6.07) is 44.4. The lowest BCUT2D eigenvalue weighted by atomic mass is 9.91. The highest BCUT2D eigenvalue weighted by molar-refractivity contribution is 6.09. The van der Waals surface area contributed by atoms with E-state index in [2.05, 4.69) is 155 Å². The number of hydrogen-bond acceptors (Lipinski definition) is 1. The van der Waals surface area contributed by atoms with Gasteiger partial charge in [-0.1, -0.05) is 103 Å². The van der Waals surface area contributed by atoms with E-state index in [1.807, 2.05) is 0 Å². The number of aromatic nitrogens is 1. The number of fused-ring (bicyclic) bond motifs is 6. The Kier molecular flexibility index (Phi) is 4.68. The van der Waals surface area contributed by atoms with Crippen molar-refractivity contribution in [1.29, 1.82) is 0 Å². The topological polar surface area (TPSA) is 8.17 Å². The van der Waals surface area contributed by atoms with E-state index in [0.717, 1.165) is 0 Å². The highest BCUT2D eigenvalue weighted by Crippen LogP contribution is 2.47. The quantitative estimate of drug-likeness (QED) is 0.242. The fourth-order valence-electron chi connectivity index (χ4n) is 6.41. The third-order valence-electron chi connectivity index (χ3n) is 8.14. The molecule has 0 radical (unpaired) electrons. The second-order valence-electron chi connectivity index (χ2n) is 10.2. The van der Waals surface area contributed by atoms with Crippen molar-refractivity contribution in [3.63, 3.8) is 0 Å². The monoisotopic (exact) mass is 486 g/mol. The maximum Gasteiger partial charge on any atom is 0.0629 e. The molecule has 1 aromatic heterocycles. The van der Waals surface area contributed by atoms with Crippen LogP contribution in [0.15, 0.2) is 146 Å². The van der Waals surface area contributed by atoms with E-state index in [9.17, 15) is 0 Å². The smallest absolute Gasteiger partial charge is 0.0629 e. The molecule has 0 N–H and O–H groups in total. The van der Waals surface area contributed by atoms with Crippen LogP contribution < -0.4 is 4.90 Å². The summed E-state index contributed by atoms with van der Waals surface area (Å²) in [5, 5.41) is 2.58. The van der Waals surface area contributed by atoms with Crippen LogP contribution in [-0.4, -0.2) is 10.6 Å². The number of allylic oxidation sites excluding steroid dienone is 2. The van der Waals surface area contributed by atoms with Gasteiger partial charge in [-0.2, -0.15) is 0 Å². The third-order valence-corrected chi connectivity index (χ3v) is 8.14. The first-order valence-electron chi connectivity index (χ1n) is 13.3. The van der Waals surface area contributed by atoms with Gasteiger partial charge in [0.25, 0.3) is 0 Å². The molecule has 0 saturated heterocycles. The third kappa shape index (κ3) is 3.13. The summed E-state index contributed by atoms with van der Waals surface area (Å²) in [4.78, 5) is 2.48. The van der Waals surface area contributed by atoms with Crippen LogP contribution in [0.3, 0.4) is 0 Å². The first-order chi connectivity index (χ1) is 18.9. The summed E-state index contributed by atoms with van der Waals surface area (Å²) in [6.45, 7) is 0. The molecule has 0 bridgehead atoms. The van der Waals surface area contributed by atoms with Gasteiger partial charge in [-0.3, -0.25) is 0 Å². The van der Waals surface area contributed by atoms with Crippen molar-refractivity contribution in [2.75, 3.05) is 4.90 Å². The predicted molar refractivity (Wildman–Crippen MR) is 160 cm³/mol. The van der Waals surface area contributed by atoms with Crippen molar-refractivity contribution in [2.45, 2.75) is 12.0 Å². The molecule has 2 aliphatic rings. The van der Waals surface area contributed by atoms with E-state index < -0.39 is 0 Å². The number of rotatable bonds is 3. The molecular formula is C36H26N2. The Balaban J connectivity index is 1.14. The number of para-hydroxylation sites is 3. The summed E-state index contributed by atoms with van der Waals surface area (Å²) in [5.74, 6) is 0.407. The lowest BCUT2D eigenvalue weighted by Crippen LogP contribution is -2.28. The minimum Gasteiger partial charge on any atom is -0.333 e. The fourth-order valence-corrected chi connectivity index (χ4v) is 6.41. The van der Waals surface area contributed by atoms with Gasteiger partial charge in [0, 0.05) is 33.8 Å². The Labute approximate surface area is 222 Å². The Morgan fingerprint density at radius 3 is 1.71 bits per heavy atom. The average molecular weight is 487 g/mol. The Hall–Kier alpha value is -4.82. The summed E-state index contributed by atoms with van der Waals surface area (Å²) in [6.07, 6.45) is 9.00. The normalized spacial score (nSPS) is 17.7. The average Bonchev–Trinajstić information content (AvgIpc) is 3.51. The standard InChI is InChI=1S/C36H26N2/c1-5-13-33-29(9-1)30-10-2-6-14-34(30)37(33)27-21-17-25(18-22-27)26-19-23-28(24-20-26)38-35-15-7-3-11-31(35)32-12-4-8-16-36(32)38/h1-24,29,33H. The van der Waals surface area contributed by atoms with Crippen LogP contribution in [0.1, 0.15) is 11.5 Å². The number of hydrogen-bond donors (Lipinski definition) is 0. The molecule has 2 unspecified atom stereocenters. The highest BCUT2D eigenvalue weighted by Gasteiger charge is 2.36. The Morgan fingerprint density at radius 2 is 1.03 bits per heavy atom. The van der Waals surface area contributed by atoms with Crippen molar-refractivity contribution < 1.29 is 0 Å². The molecule has 0 amide bonds. The molecule has 2 nitrogen and oxygen atoms in total. The number of nitrogens with zero attached hydrogens (tertiary/aromatic N) is 2. The van der Waals surface area contributed by atoms with E-state index in [1.54, 1.807) is 0 Å². The van der Waals surface area contributed by atoms with Gasteiger partial charge in [0.15, 0.2) is 0 Å². The molecule has 6 aromatic rings. The minimum atomic E-state index is 0.328. The Bertz CT molecular complexity index is 1820. The van der Waals surface area contributed by atoms with E-state index in [1.165, 1.54) is 55.6 Å². The summed E-state index contributed by atoms with van der Waals surface area (Å²) in [5.41, 5.74) is 10.1. The van der Waals surface area contributed by atoms with Gasteiger partial charge in [-0.05, 0) is 59.2 Å². The van der Waals surface area contributed by atoms with Gasteiger partial charge >= 0.3 is 0 Å². The molecule has 1 aliphatic carbocycles. The van der Waals surface area contributed by atoms with Crippen LogP contribution in [0.25, 0.3) is 38.6 Å². The number of anilines is 2. The van der Waals surface area contributed by atoms with E-state index in [0.29, 0.717) is 12.0 Å². The maximum absolute atomic E-state index is 2.48. The first kappa shape index (κ1) is 21.3. The maximum atomic E-state index is 2.48. The zero-order valence-electron chi connectivity index (χ0n) is 20.9. The molecule has 2 heterocycles. The van der Waals surface area contributed by atoms with Crippen molar-refractivity contribution in [3.8, 4) is 16.8 Å². The van der Waals surface area contributed by atoms with Gasteiger partial charge in [-0.25, -0.2) is 0 Å². The van der Waals surface area contributed by atoms with Crippen molar-refractivity contribution in [2.24, 2.45) is 0 Å². The second kappa shape index (κ2) is 8.36. The largest absolute Gasteiger partial charge is 0.333 e. The Morgan fingerprint density at radius 1 is 0.474 bits per heavy atom. The van der Waals surface area contributed by atoms with E-state index >= 15 is 0 Å². The van der Waals surface area contributed by atoms with Crippen LogP contribution in [0.5, 0.6) is 0 Å². The molecule has 38 heavy (non-hydrogen) atoms. The predicted octanol–water partition coefficient (Wildman–Crippen LogP) is 9.18. The molecule has 0 spiro atoms. The molecule has 2 atom stereocenters.